The normalized spacial score (nSPS) is 23.0. The molecule has 0 amide bonds. The Morgan fingerprint density at radius 1 is 1.57 bits per heavy atom. The molecule has 2 aliphatic rings. The van der Waals surface area contributed by atoms with Crippen molar-refractivity contribution >= 4 is 11.8 Å². The van der Waals surface area contributed by atoms with Crippen molar-refractivity contribution in [2.24, 2.45) is 0 Å². The quantitative estimate of drug-likeness (QED) is 0.844. The van der Waals surface area contributed by atoms with Crippen LogP contribution in [-0.2, 0) is 9.53 Å². The molecule has 1 aromatic rings. The minimum absolute atomic E-state index is 0.216. The van der Waals surface area contributed by atoms with Crippen LogP contribution in [0, 0.1) is 6.92 Å². The van der Waals surface area contributed by atoms with Crippen molar-refractivity contribution in [3.05, 3.63) is 23.1 Å². The first-order valence-electron chi connectivity index (χ1n) is 7.11. The highest BCUT2D eigenvalue weighted by Crippen LogP contribution is 2.22. The molecule has 114 valence electrons. The first-order valence-corrected chi connectivity index (χ1v) is 7.11. The van der Waals surface area contributed by atoms with E-state index in [1.54, 1.807) is 13.0 Å². The lowest BCUT2D eigenvalue weighted by atomic mass is 10.2. The molecule has 1 atom stereocenters. The van der Waals surface area contributed by atoms with Gasteiger partial charge < -0.3 is 19.7 Å². The van der Waals surface area contributed by atoms with Crippen molar-refractivity contribution in [3.63, 3.8) is 0 Å². The summed E-state index contributed by atoms with van der Waals surface area (Å²) in [6.45, 7) is 4.35. The van der Waals surface area contributed by atoms with Crippen molar-refractivity contribution in [2.75, 3.05) is 31.6 Å². The van der Waals surface area contributed by atoms with Gasteiger partial charge in [-0.25, -0.2) is 4.79 Å². The molecule has 2 aliphatic heterocycles. The fourth-order valence-electron chi connectivity index (χ4n) is 2.79. The molecule has 3 heterocycles. The molecule has 1 aromatic heterocycles. The third kappa shape index (κ3) is 3.25. The zero-order valence-corrected chi connectivity index (χ0v) is 12.0. The Hall–Kier alpha value is -1.86. The van der Waals surface area contributed by atoms with Crippen LogP contribution in [-0.4, -0.2) is 53.5 Å². The van der Waals surface area contributed by atoms with Gasteiger partial charge in [-0.2, -0.15) is 0 Å². The van der Waals surface area contributed by atoms with Gasteiger partial charge in [0.05, 0.1) is 11.7 Å². The summed E-state index contributed by atoms with van der Waals surface area (Å²) in [6.07, 6.45) is 2.35. The maximum absolute atomic E-state index is 11.4. The van der Waals surface area contributed by atoms with Crippen molar-refractivity contribution in [2.45, 2.75) is 25.9 Å². The molecule has 0 saturated carbocycles. The van der Waals surface area contributed by atoms with E-state index in [0.29, 0.717) is 35.9 Å². The van der Waals surface area contributed by atoms with Gasteiger partial charge >= 0.3 is 5.97 Å². The van der Waals surface area contributed by atoms with Crippen LogP contribution in [0.2, 0.25) is 0 Å². The first-order chi connectivity index (χ1) is 10.1. The van der Waals surface area contributed by atoms with Crippen LogP contribution in [0.4, 0.5) is 5.82 Å². The SMILES string of the molecule is Cc1cc(NC2=C(C(=O)O)CN(CC3CCCO3)C2)no1. The van der Waals surface area contributed by atoms with E-state index in [1.165, 1.54) is 0 Å². The molecule has 7 heteroatoms. The zero-order chi connectivity index (χ0) is 14.8. The number of carbonyl (C=O) groups is 1. The van der Waals surface area contributed by atoms with E-state index >= 15 is 0 Å². The van der Waals surface area contributed by atoms with Gasteiger partial charge in [0.25, 0.3) is 0 Å². The molecule has 7 nitrogen and oxygen atoms in total. The van der Waals surface area contributed by atoms with Gasteiger partial charge in [0.2, 0.25) is 0 Å². The molecule has 0 aromatic carbocycles. The molecule has 0 radical (unpaired) electrons. The van der Waals surface area contributed by atoms with Crippen molar-refractivity contribution in [3.8, 4) is 0 Å². The van der Waals surface area contributed by atoms with Gasteiger partial charge in [0.1, 0.15) is 5.76 Å². The van der Waals surface area contributed by atoms with Crippen molar-refractivity contribution < 1.29 is 19.2 Å². The molecule has 0 spiro atoms. The van der Waals surface area contributed by atoms with Crippen LogP contribution in [0.15, 0.2) is 21.9 Å². The molecule has 21 heavy (non-hydrogen) atoms. The molecular formula is C14H19N3O4. The Morgan fingerprint density at radius 2 is 2.43 bits per heavy atom. The molecular weight excluding hydrogens is 274 g/mol. The third-order valence-electron chi connectivity index (χ3n) is 3.78. The summed E-state index contributed by atoms with van der Waals surface area (Å²) in [5, 5.41) is 16.3. The largest absolute Gasteiger partial charge is 0.478 e. The summed E-state index contributed by atoms with van der Waals surface area (Å²) in [5.74, 6) is 0.331. The summed E-state index contributed by atoms with van der Waals surface area (Å²) >= 11 is 0. The molecule has 2 N–H and O–H groups in total. The maximum Gasteiger partial charge on any atom is 0.334 e. The number of aliphatic carboxylic acids is 1. The Kier molecular flexibility index (Phi) is 3.94. The number of hydrogen-bond acceptors (Lipinski definition) is 6. The van der Waals surface area contributed by atoms with E-state index in [9.17, 15) is 9.90 Å². The summed E-state index contributed by atoms with van der Waals surface area (Å²) in [5.41, 5.74) is 1.06. The van der Waals surface area contributed by atoms with E-state index in [-0.39, 0.29) is 6.10 Å². The van der Waals surface area contributed by atoms with E-state index in [2.05, 4.69) is 15.4 Å². The minimum Gasteiger partial charge on any atom is -0.478 e. The van der Waals surface area contributed by atoms with Crippen LogP contribution in [0.3, 0.4) is 0 Å². The van der Waals surface area contributed by atoms with E-state index in [4.69, 9.17) is 9.26 Å². The fourth-order valence-corrected chi connectivity index (χ4v) is 2.79. The van der Waals surface area contributed by atoms with E-state index in [0.717, 1.165) is 26.0 Å². The second kappa shape index (κ2) is 5.87. The molecule has 0 bridgehead atoms. The number of hydrogen-bond donors (Lipinski definition) is 2. The number of nitrogens with one attached hydrogen (secondary N) is 1. The van der Waals surface area contributed by atoms with E-state index < -0.39 is 5.97 Å². The highest BCUT2D eigenvalue weighted by atomic mass is 16.5. The molecule has 1 saturated heterocycles. The second-order valence-corrected chi connectivity index (χ2v) is 5.51. The van der Waals surface area contributed by atoms with Crippen LogP contribution in [0.5, 0.6) is 0 Å². The summed E-state index contributed by atoms with van der Waals surface area (Å²) in [6, 6.07) is 1.75. The monoisotopic (exact) mass is 293 g/mol. The highest BCUT2D eigenvalue weighted by Gasteiger charge is 2.29. The number of carboxylic acids is 1. The lowest BCUT2D eigenvalue weighted by molar-refractivity contribution is -0.132. The number of aromatic nitrogens is 1. The average molecular weight is 293 g/mol. The number of rotatable bonds is 5. The van der Waals surface area contributed by atoms with Crippen LogP contribution < -0.4 is 5.32 Å². The molecule has 3 rings (SSSR count). The molecule has 1 unspecified atom stereocenters. The van der Waals surface area contributed by atoms with Crippen LogP contribution in [0.1, 0.15) is 18.6 Å². The molecule has 1 fully saturated rings. The lowest BCUT2D eigenvalue weighted by Gasteiger charge is -2.19. The number of aryl methyl sites for hydroxylation is 1. The summed E-state index contributed by atoms with van der Waals surface area (Å²) < 4.78 is 10.6. The van der Waals surface area contributed by atoms with Crippen LogP contribution in [0.25, 0.3) is 0 Å². The summed E-state index contributed by atoms with van der Waals surface area (Å²) in [4.78, 5) is 13.5. The van der Waals surface area contributed by atoms with E-state index in [1.807, 2.05) is 0 Å². The predicted octanol–water partition coefficient (Wildman–Crippen LogP) is 1.23. The lowest BCUT2D eigenvalue weighted by Crippen LogP contribution is -2.31. The highest BCUT2D eigenvalue weighted by molar-refractivity contribution is 5.89. The van der Waals surface area contributed by atoms with Gasteiger partial charge in [-0.1, -0.05) is 5.16 Å². The van der Waals surface area contributed by atoms with Gasteiger partial charge in [0.15, 0.2) is 5.82 Å². The number of anilines is 1. The topological polar surface area (TPSA) is 87.8 Å². The van der Waals surface area contributed by atoms with Gasteiger partial charge in [-0.3, -0.25) is 4.90 Å². The average Bonchev–Trinajstić information content (AvgIpc) is 3.13. The van der Waals surface area contributed by atoms with Gasteiger partial charge in [-0.05, 0) is 19.8 Å². The molecule has 0 aliphatic carbocycles. The van der Waals surface area contributed by atoms with Crippen molar-refractivity contribution in [1.29, 1.82) is 0 Å². The minimum atomic E-state index is -0.896. The first kappa shape index (κ1) is 14.1. The zero-order valence-electron chi connectivity index (χ0n) is 12.0. The van der Waals surface area contributed by atoms with Crippen molar-refractivity contribution in [1.82, 2.24) is 10.1 Å². The number of carboxylic acid groups (broad SMARTS) is 1. The number of ether oxygens (including phenoxy) is 1. The fraction of sp³-hybridized carbons (Fsp3) is 0.571. The Labute approximate surface area is 122 Å². The Bertz CT molecular complexity index is 560. The smallest absolute Gasteiger partial charge is 0.334 e. The van der Waals surface area contributed by atoms with Gasteiger partial charge in [0, 0.05) is 38.0 Å². The number of nitrogens with zero attached hydrogens (tertiary/aromatic N) is 2. The summed E-state index contributed by atoms with van der Waals surface area (Å²) in [7, 11) is 0. The second-order valence-electron chi connectivity index (χ2n) is 5.51. The Balaban J connectivity index is 1.66. The predicted molar refractivity (Wildman–Crippen MR) is 74.9 cm³/mol. The van der Waals surface area contributed by atoms with Crippen LogP contribution >= 0.6 is 0 Å². The standard InChI is InChI=1S/C14H19N3O4/c1-9-5-13(16-21-9)15-12-8-17(7-11(12)14(18)19)6-10-3-2-4-20-10/h5,10H,2-4,6-8H2,1H3,(H,15,16)(H,18,19). The van der Waals surface area contributed by atoms with Gasteiger partial charge in [-0.15, -0.1) is 0 Å². The maximum atomic E-state index is 11.4. The Morgan fingerprint density at radius 3 is 3.05 bits per heavy atom. The third-order valence-corrected chi connectivity index (χ3v) is 3.78.